The molecule has 0 saturated heterocycles. The van der Waals surface area contributed by atoms with E-state index in [4.69, 9.17) is 0 Å². The summed E-state index contributed by atoms with van der Waals surface area (Å²) in [6.07, 6.45) is 0.567. The Labute approximate surface area is 73.1 Å². The molecule has 0 bridgehead atoms. The molecule has 0 radical (unpaired) electrons. The minimum atomic E-state index is -3.95. The van der Waals surface area contributed by atoms with Crippen molar-refractivity contribution >= 4 is 16.1 Å². The number of hydrogen-bond donors (Lipinski definition) is 0. The van der Waals surface area contributed by atoms with Crippen LogP contribution in [0.3, 0.4) is 0 Å². The summed E-state index contributed by atoms with van der Waals surface area (Å²) in [5, 5.41) is 0. The van der Waals surface area contributed by atoms with Gasteiger partial charge in [0.25, 0.3) is 0 Å². The Kier molecular flexibility index (Phi) is 4.59. The van der Waals surface area contributed by atoms with E-state index in [9.17, 15) is 12.8 Å². The van der Waals surface area contributed by atoms with Crippen LogP contribution in [0.5, 0.6) is 0 Å². The average Bonchev–Trinajstić information content (AvgIpc) is 1.84. The van der Waals surface area contributed by atoms with Gasteiger partial charge in [-0.2, -0.15) is 0 Å². The van der Waals surface area contributed by atoms with E-state index in [0.29, 0.717) is 6.42 Å². The number of hydrogen-bond acceptors (Lipinski definition) is 2. The summed E-state index contributed by atoms with van der Waals surface area (Å²) in [7, 11) is -5.17. The molecule has 0 heterocycles. The van der Waals surface area contributed by atoms with Gasteiger partial charge in [0.15, 0.2) is 7.37 Å². The zero-order valence-electron chi connectivity index (χ0n) is 7.64. The fourth-order valence-corrected chi connectivity index (χ4v) is 2.78. The van der Waals surface area contributed by atoms with E-state index in [0.717, 1.165) is 6.55 Å². The normalized spacial score (nSPS) is 17.4. The van der Waals surface area contributed by atoms with E-state index in [1.54, 1.807) is 0 Å². The molecule has 0 rings (SSSR count). The van der Waals surface area contributed by atoms with Gasteiger partial charge in [-0.15, -0.1) is 0 Å². The second-order valence-electron chi connectivity index (χ2n) is 3.09. The Bertz CT molecular complexity index is 181. The molecule has 0 aliphatic rings. The van der Waals surface area contributed by atoms with Gasteiger partial charge in [0, 0.05) is 19.9 Å². The molecular weight excluding hydrogens is 201 g/mol. The predicted molar refractivity (Wildman–Crippen MR) is 48.7 cm³/mol. The van der Waals surface area contributed by atoms with Gasteiger partial charge in [0.05, 0.1) is 0 Å². The Balaban J connectivity index is 3.65. The molecule has 74 valence electrons. The zero-order valence-corrected chi connectivity index (χ0v) is 9.54. The van der Waals surface area contributed by atoms with Crippen molar-refractivity contribution in [3.05, 3.63) is 0 Å². The van der Waals surface area contributed by atoms with E-state index < -0.39 is 16.1 Å². The Hall–Kier alpha value is 0.267. The molecular formula is C6H15F2O2PSi. The van der Waals surface area contributed by atoms with Crippen molar-refractivity contribution in [2.24, 2.45) is 0 Å². The van der Waals surface area contributed by atoms with Gasteiger partial charge in [0.1, 0.15) is 0 Å². The van der Waals surface area contributed by atoms with Gasteiger partial charge < -0.3 is 4.52 Å². The molecule has 0 saturated carbocycles. The highest BCUT2D eigenvalue weighted by Crippen LogP contribution is 2.42. The van der Waals surface area contributed by atoms with Crippen molar-refractivity contribution in [3.8, 4) is 0 Å². The highest BCUT2D eigenvalue weighted by atomic mass is 31.2. The highest BCUT2D eigenvalue weighted by Gasteiger charge is 2.28. The van der Waals surface area contributed by atoms with Crippen LogP contribution in [0.4, 0.5) is 8.22 Å². The molecule has 0 N–H and O–H groups in total. The van der Waals surface area contributed by atoms with Crippen LogP contribution in [-0.4, -0.2) is 28.7 Å². The van der Waals surface area contributed by atoms with E-state index >= 15 is 0 Å². The summed E-state index contributed by atoms with van der Waals surface area (Å²) in [5.41, 5.74) is 0. The quantitative estimate of drug-likeness (QED) is 0.401. The van der Waals surface area contributed by atoms with Crippen molar-refractivity contribution in [2.75, 3.05) is 19.9 Å². The monoisotopic (exact) mass is 216 g/mol. The molecule has 0 amide bonds. The highest BCUT2D eigenvalue weighted by molar-refractivity contribution is 7.58. The van der Waals surface area contributed by atoms with Gasteiger partial charge in [0.2, 0.25) is 0 Å². The molecule has 0 aromatic carbocycles. The maximum absolute atomic E-state index is 12.4. The summed E-state index contributed by atoms with van der Waals surface area (Å²) in [5.74, 6) is 0. The molecule has 0 fully saturated rings. The van der Waals surface area contributed by atoms with Crippen LogP contribution in [0.2, 0.25) is 12.6 Å². The lowest BCUT2D eigenvalue weighted by Crippen LogP contribution is -2.16. The topological polar surface area (TPSA) is 26.3 Å². The van der Waals surface area contributed by atoms with Crippen molar-refractivity contribution in [1.29, 1.82) is 0 Å². The van der Waals surface area contributed by atoms with Crippen molar-refractivity contribution in [1.82, 2.24) is 0 Å². The molecule has 0 aromatic heterocycles. The van der Waals surface area contributed by atoms with Gasteiger partial charge in [-0.1, -0.05) is 0 Å². The van der Waals surface area contributed by atoms with Gasteiger partial charge in [-0.05, 0) is 19.0 Å². The van der Waals surface area contributed by atoms with E-state index in [-0.39, 0.29) is 12.2 Å². The van der Waals surface area contributed by atoms with Gasteiger partial charge in [-0.25, -0.2) is 0 Å². The third kappa shape index (κ3) is 6.95. The van der Waals surface area contributed by atoms with Crippen molar-refractivity contribution in [2.45, 2.75) is 19.0 Å². The molecule has 1 unspecified atom stereocenters. The summed E-state index contributed by atoms with van der Waals surface area (Å²) in [4.78, 5) is 0. The zero-order chi connectivity index (χ0) is 9.83. The van der Waals surface area contributed by atoms with Crippen LogP contribution in [0.25, 0.3) is 0 Å². The average molecular weight is 216 g/mol. The lowest BCUT2D eigenvalue weighted by atomic mass is 10.6. The molecule has 12 heavy (non-hydrogen) atoms. The first-order valence-electron chi connectivity index (χ1n) is 3.77. The second-order valence-corrected chi connectivity index (χ2v) is 8.58. The smallest absolute Gasteiger partial charge is 0.332 e. The van der Waals surface area contributed by atoms with Crippen LogP contribution in [0, 0.1) is 0 Å². The van der Waals surface area contributed by atoms with Crippen LogP contribution in [-0.2, 0) is 9.09 Å². The number of halogens is 2. The van der Waals surface area contributed by atoms with E-state index in [1.165, 1.54) is 13.8 Å². The van der Waals surface area contributed by atoms with Crippen molar-refractivity contribution < 1.29 is 17.3 Å². The summed E-state index contributed by atoms with van der Waals surface area (Å²) in [6.45, 7) is 2.47. The van der Waals surface area contributed by atoms with Crippen LogP contribution in [0.15, 0.2) is 0 Å². The minimum Gasteiger partial charge on any atom is -0.332 e. The first-order valence-corrected chi connectivity index (χ1v) is 8.49. The predicted octanol–water partition coefficient (Wildman–Crippen LogP) is 2.94. The Morgan fingerprint density at radius 1 is 1.50 bits per heavy atom. The summed E-state index contributed by atoms with van der Waals surface area (Å²) in [6, 6.07) is -0.0891. The first kappa shape index (κ1) is 12.3. The van der Waals surface area contributed by atoms with Gasteiger partial charge >= 0.3 is 8.74 Å². The largest absolute Gasteiger partial charge is 0.422 e. The maximum atomic E-state index is 12.4. The second kappa shape index (κ2) is 4.49. The van der Waals surface area contributed by atoms with Crippen LogP contribution >= 0.6 is 7.37 Å². The lowest BCUT2D eigenvalue weighted by molar-refractivity contribution is 0.398. The Morgan fingerprint density at radius 2 is 2.00 bits per heavy atom. The summed E-state index contributed by atoms with van der Waals surface area (Å²) >= 11 is 0. The number of rotatable bonds is 5. The molecule has 0 spiro atoms. The molecule has 0 aliphatic heterocycles. The lowest BCUT2D eigenvalue weighted by Gasteiger charge is -2.11. The van der Waals surface area contributed by atoms with Crippen molar-refractivity contribution in [3.63, 3.8) is 0 Å². The first-order chi connectivity index (χ1) is 5.27. The summed E-state index contributed by atoms with van der Waals surface area (Å²) < 4.78 is 40.7. The minimum absolute atomic E-state index is 0.0891. The fraction of sp³-hybridized carbons (Fsp3) is 1.00. The fourth-order valence-electron chi connectivity index (χ4n) is 0.768. The van der Waals surface area contributed by atoms with Gasteiger partial charge in [-0.3, -0.25) is 12.8 Å². The third-order valence-corrected chi connectivity index (χ3v) is 4.70. The SMILES string of the molecule is COP(C)(=O)CCC[Si](C)(F)F. The van der Waals surface area contributed by atoms with Crippen LogP contribution < -0.4 is 0 Å². The molecule has 6 heteroatoms. The third-order valence-electron chi connectivity index (χ3n) is 1.57. The van der Waals surface area contributed by atoms with E-state index in [1.807, 2.05) is 0 Å². The molecule has 2 nitrogen and oxygen atoms in total. The molecule has 0 aliphatic carbocycles. The maximum Gasteiger partial charge on any atom is 0.422 e. The molecule has 1 atom stereocenters. The Morgan fingerprint density at radius 3 is 2.33 bits per heavy atom. The van der Waals surface area contributed by atoms with Crippen LogP contribution in [0.1, 0.15) is 6.42 Å². The standard InChI is InChI=1S/C6H15F2O2PSi/c1-10-11(2,9)5-4-6-12(3,7)8/h4-6H2,1-3H3. The van der Waals surface area contributed by atoms with E-state index in [2.05, 4.69) is 4.52 Å². The molecule has 0 aromatic rings.